The van der Waals surface area contributed by atoms with E-state index in [0.717, 1.165) is 6.42 Å². The molecule has 4 nitrogen and oxygen atoms in total. The lowest BCUT2D eigenvalue weighted by molar-refractivity contribution is 0.217. The Kier molecular flexibility index (Phi) is 3.97. The van der Waals surface area contributed by atoms with Crippen molar-refractivity contribution in [1.29, 1.82) is 0 Å². The number of hydrogen-bond donors (Lipinski definition) is 2. The van der Waals surface area contributed by atoms with E-state index in [1.54, 1.807) is 12.1 Å². The molecule has 15 heavy (non-hydrogen) atoms. The van der Waals surface area contributed by atoms with Gasteiger partial charge in [-0.2, -0.15) is 0 Å². The fourth-order valence-corrected chi connectivity index (χ4v) is 1.13. The van der Waals surface area contributed by atoms with Crippen molar-refractivity contribution in [3.8, 4) is 5.75 Å². The Morgan fingerprint density at radius 2 is 2.20 bits per heavy atom. The number of benzene rings is 1. The Balaban J connectivity index is 2.96. The lowest BCUT2D eigenvalue weighted by Gasteiger charge is -2.15. The van der Waals surface area contributed by atoms with E-state index in [1.807, 2.05) is 26.0 Å². The lowest BCUT2D eigenvalue weighted by Crippen LogP contribution is -2.17. The monoisotopic (exact) mass is 208 g/mol. The molecule has 0 saturated carbocycles. The van der Waals surface area contributed by atoms with Gasteiger partial charge in [0.2, 0.25) is 0 Å². The highest BCUT2D eigenvalue weighted by Crippen LogP contribution is 2.19. The summed E-state index contributed by atoms with van der Waals surface area (Å²) in [4.78, 5) is 0. The number of para-hydroxylation sites is 1. The molecule has 0 radical (unpaired) electrons. The van der Waals surface area contributed by atoms with Gasteiger partial charge in [-0.25, -0.2) is 0 Å². The average Bonchev–Trinajstić information content (AvgIpc) is 2.28. The van der Waals surface area contributed by atoms with E-state index < -0.39 is 0 Å². The van der Waals surface area contributed by atoms with Gasteiger partial charge in [-0.15, -0.1) is 0 Å². The van der Waals surface area contributed by atoms with Crippen molar-refractivity contribution in [3.05, 3.63) is 29.8 Å². The van der Waals surface area contributed by atoms with E-state index in [0.29, 0.717) is 11.3 Å². The first-order valence-corrected chi connectivity index (χ1v) is 4.92. The summed E-state index contributed by atoms with van der Waals surface area (Å²) < 4.78 is 5.65. The van der Waals surface area contributed by atoms with E-state index in [9.17, 15) is 0 Å². The molecule has 0 amide bonds. The number of hydrogen-bond acceptors (Lipinski definition) is 3. The van der Waals surface area contributed by atoms with Crippen molar-refractivity contribution < 1.29 is 9.94 Å². The molecule has 1 aromatic carbocycles. The number of ether oxygens (including phenoxy) is 1. The normalized spacial score (nSPS) is 13.6. The predicted molar refractivity (Wildman–Crippen MR) is 59.3 cm³/mol. The molecule has 1 unspecified atom stereocenters. The number of oxime groups is 1. The molecular weight excluding hydrogens is 192 g/mol. The number of amidine groups is 1. The molecule has 0 bridgehead atoms. The molecule has 3 N–H and O–H groups in total. The van der Waals surface area contributed by atoms with Crippen LogP contribution in [0.4, 0.5) is 0 Å². The van der Waals surface area contributed by atoms with Crippen LogP contribution in [0.15, 0.2) is 29.4 Å². The second kappa shape index (κ2) is 5.24. The SMILES string of the molecule is CCC(C)Oc1ccccc1/C(N)=N/O. The smallest absolute Gasteiger partial charge is 0.173 e. The number of nitrogens with two attached hydrogens (primary N) is 1. The van der Waals surface area contributed by atoms with E-state index in [1.165, 1.54) is 0 Å². The summed E-state index contributed by atoms with van der Waals surface area (Å²) in [6.07, 6.45) is 1.02. The maximum absolute atomic E-state index is 8.61. The van der Waals surface area contributed by atoms with Gasteiger partial charge < -0.3 is 15.7 Å². The van der Waals surface area contributed by atoms with Crippen LogP contribution >= 0.6 is 0 Å². The molecule has 0 heterocycles. The fraction of sp³-hybridized carbons (Fsp3) is 0.364. The van der Waals surface area contributed by atoms with Gasteiger partial charge in [0.25, 0.3) is 0 Å². The summed E-state index contributed by atoms with van der Waals surface area (Å²) in [5, 5.41) is 11.6. The Labute approximate surface area is 89.4 Å². The zero-order chi connectivity index (χ0) is 11.3. The van der Waals surface area contributed by atoms with Gasteiger partial charge in [0, 0.05) is 0 Å². The van der Waals surface area contributed by atoms with Crippen molar-refractivity contribution in [2.75, 3.05) is 0 Å². The van der Waals surface area contributed by atoms with Crippen molar-refractivity contribution in [1.82, 2.24) is 0 Å². The molecule has 0 aliphatic heterocycles. The fourth-order valence-electron chi connectivity index (χ4n) is 1.13. The minimum absolute atomic E-state index is 0.0638. The van der Waals surface area contributed by atoms with Crippen LogP contribution in [0.25, 0.3) is 0 Å². The molecular formula is C11H16N2O2. The third-order valence-electron chi connectivity index (χ3n) is 2.17. The average molecular weight is 208 g/mol. The maximum atomic E-state index is 8.61. The van der Waals surface area contributed by atoms with Gasteiger partial charge in [-0.1, -0.05) is 24.2 Å². The highest BCUT2D eigenvalue weighted by Gasteiger charge is 2.09. The van der Waals surface area contributed by atoms with Gasteiger partial charge in [-0.05, 0) is 25.5 Å². The molecule has 0 saturated heterocycles. The molecule has 0 aliphatic carbocycles. The Hall–Kier alpha value is -1.71. The quantitative estimate of drug-likeness (QED) is 0.344. The van der Waals surface area contributed by atoms with E-state index in [4.69, 9.17) is 15.7 Å². The van der Waals surface area contributed by atoms with Crippen LogP contribution in [0.3, 0.4) is 0 Å². The molecule has 1 atom stereocenters. The first-order valence-electron chi connectivity index (χ1n) is 4.92. The molecule has 0 spiro atoms. The van der Waals surface area contributed by atoms with Crippen molar-refractivity contribution in [2.45, 2.75) is 26.4 Å². The van der Waals surface area contributed by atoms with Crippen molar-refractivity contribution >= 4 is 5.84 Å². The lowest BCUT2D eigenvalue weighted by atomic mass is 10.2. The molecule has 4 heteroatoms. The van der Waals surface area contributed by atoms with Gasteiger partial charge in [0.1, 0.15) is 5.75 Å². The summed E-state index contributed by atoms with van der Waals surface area (Å²) in [5.74, 6) is 0.705. The topological polar surface area (TPSA) is 67.8 Å². The van der Waals surface area contributed by atoms with Gasteiger partial charge in [0.15, 0.2) is 5.84 Å². The van der Waals surface area contributed by atoms with Gasteiger partial charge >= 0.3 is 0 Å². The van der Waals surface area contributed by atoms with E-state index in [-0.39, 0.29) is 11.9 Å². The van der Waals surface area contributed by atoms with Crippen LogP contribution < -0.4 is 10.5 Å². The third kappa shape index (κ3) is 2.87. The Morgan fingerprint density at radius 1 is 1.53 bits per heavy atom. The summed E-state index contributed by atoms with van der Waals surface area (Å²) >= 11 is 0. The molecule has 0 fully saturated rings. The largest absolute Gasteiger partial charge is 0.490 e. The zero-order valence-corrected chi connectivity index (χ0v) is 8.97. The minimum atomic E-state index is 0.0638. The van der Waals surface area contributed by atoms with E-state index in [2.05, 4.69) is 5.16 Å². The summed E-state index contributed by atoms with van der Waals surface area (Å²) in [6, 6.07) is 7.23. The van der Waals surface area contributed by atoms with Crippen LogP contribution in [-0.2, 0) is 0 Å². The van der Waals surface area contributed by atoms with Gasteiger partial charge in [0.05, 0.1) is 11.7 Å². The zero-order valence-electron chi connectivity index (χ0n) is 8.97. The van der Waals surface area contributed by atoms with Gasteiger partial charge in [-0.3, -0.25) is 0 Å². The molecule has 82 valence electrons. The van der Waals surface area contributed by atoms with E-state index >= 15 is 0 Å². The van der Waals surface area contributed by atoms with Crippen LogP contribution in [0.5, 0.6) is 5.75 Å². The summed E-state index contributed by atoms with van der Waals surface area (Å²) in [5.41, 5.74) is 6.14. The van der Waals surface area contributed by atoms with Crippen molar-refractivity contribution in [2.24, 2.45) is 10.9 Å². The summed E-state index contributed by atoms with van der Waals surface area (Å²) in [7, 11) is 0. The second-order valence-corrected chi connectivity index (χ2v) is 3.32. The highest BCUT2D eigenvalue weighted by atomic mass is 16.5. The molecule has 0 aromatic heterocycles. The molecule has 1 rings (SSSR count). The van der Waals surface area contributed by atoms with Crippen LogP contribution in [0.1, 0.15) is 25.8 Å². The van der Waals surface area contributed by atoms with Crippen LogP contribution in [0.2, 0.25) is 0 Å². The first-order chi connectivity index (χ1) is 7.19. The standard InChI is InChI=1S/C11H16N2O2/c1-3-8(2)15-10-7-5-4-6-9(10)11(12)13-14/h4-8,14H,3H2,1-2H3,(H2,12,13). The van der Waals surface area contributed by atoms with Crippen LogP contribution in [-0.4, -0.2) is 17.1 Å². The number of nitrogens with zero attached hydrogens (tertiary/aromatic N) is 1. The third-order valence-corrected chi connectivity index (χ3v) is 2.17. The Bertz CT molecular complexity index is 350. The highest BCUT2D eigenvalue weighted by molar-refractivity contribution is 5.99. The number of rotatable bonds is 4. The van der Waals surface area contributed by atoms with Crippen molar-refractivity contribution in [3.63, 3.8) is 0 Å². The first kappa shape index (κ1) is 11.4. The predicted octanol–water partition coefficient (Wildman–Crippen LogP) is 1.96. The summed E-state index contributed by atoms with van der Waals surface area (Å²) in [6.45, 7) is 4.01. The minimum Gasteiger partial charge on any atom is -0.490 e. The molecule has 0 aliphatic rings. The molecule has 1 aromatic rings. The second-order valence-electron chi connectivity index (χ2n) is 3.32. The Morgan fingerprint density at radius 3 is 2.80 bits per heavy atom. The maximum Gasteiger partial charge on any atom is 0.173 e. The van der Waals surface area contributed by atoms with Crippen LogP contribution in [0, 0.1) is 0 Å².